The van der Waals surface area contributed by atoms with Crippen LogP contribution in [-0.2, 0) is 4.74 Å². The number of aromatic amines is 1. The average molecular weight is 320 g/mol. The lowest BCUT2D eigenvalue weighted by Gasteiger charge is -2.05. The summed E-state index contributed by atoms with van der Waals surface area (Å²) in [6.45, 7) is 2.90. The minimum absolute atomic E-state index is 0.0318. The molecule has 0 amide bonds. The number of ketones is 1. The smallest absolute Gasteiger partial charge is 0.506 e. The summed E-state index contributed by atoms with van der Waals surface area (Å²) in [7, 11) is 1.18. The van der Waals surface area contributed by atoms with Crippen LogP contribution in [0.1, 0.15) is 30.1 Å². The van der Waals surface area contributed by atoms with Crippen LogP contribution in [0.5, 0.6) is 11.6 Å². The Morgan fingerprint density at radius 1 is 1.35 bits per heavy atom. The summed E-state index contributed by atoms with van der Waals surface area (Å²) in [5.74, 6) is -0.303. The summed E-state index contributed by atoms with van der Waals surface area (Å²) in [5, 5.41) is 13.4. The molecule has 0 unspecified atom stereocenters. The maximum absolute atomic E-state index is 12.5. The summed E-state index contributed by atoms with van der Waals surface area (Å²) in [4.78, 5) is 26.6. The number of methoxy groups -OCH3 is 1. The number of carbonyl (C=O) groups excluding carboxylic acids is 2. The van der Waals surface area contributed by atoms with Gasteiger partial charge in [-0.05, 0) is 19.0 Å². The predicted molar refractivity (Wildman–Crippen MR) is 85.1 cm³/mol. The van der Waals surface area contributed by atoms with Crippen molar-refractivity contribution < 1.29 is 24.2 Å². The molecule has 0 bridgehead atoms. The molecule has 0 fully saturated rings. The first-order valence-electron chi connectivity index (χ1n) is 7.41. The van der Waals surface area contributed by atoms with E-state index >= 15 is 0 Å². The number of ether oxygens (including phenoxy) is 2. The number of aromatic nitrogens is 1. The van der Waals surface area contributed by atoms with Gasteiger partial charge < -0.3 is 24.9 Å². The fraction of sp³-hybridized carbons (Fsp3) is 0.375. The molecule has 0 atom stereocenters. The van der Waals surface area contributed by atoms with Gasteiger partial charge in [-0.2, -0.15) is 0 Å². The highest BCUT2D eigenvalue weighted by Gasteiger charge is 2.23. The Balaban J connectivity index is 2.34. The van der Waals surface area contributed by atoms with Crippen LogP contribution in [-0.4, -0.2) is 42.2 Å². The highest BCUT2D eigenvalue weighted by molar-refractivity contribution is 6.12. The van der Waals surface area contributed by atoms with Crippen LogP contribution in [0.3, 0.4) is 0 Å². The van der Waals surface area contributed by atoms with E-state index in [1.54, 1.807) is 12.1 Å². The third-order valence-corrected chi connectivity index (χ3v) is 3.40. The predicted octanol–water partition coefficient (Wildman–Crippen LogP) is 2.59. The van der Waals surface area contributed by atoms with Crippen LogP contribution >= 0.6 is 0 Å². The Labute approximate surface area is 133 Å². The second-order valence-electron chi connectivity index (χ2n) is 5.04. The lowest BCUT2D eigenvalue weighted by molar-refractivity contribution is 0.0985. The monoisotopic (exact) mass is 320 g/mol. The molecule has 0 saturated carbocycles. The van der Waals surface area contributed by atoms with E-state index in [1.807, 2.05) is 0 Å². The van der Waals surface area contributed by atoms with Crippen molar-refractivity contribution in [2.45, 2.75) is 19.8 Å². The highest BCUT2D eigenvalue weighted by Crippen LogP contribution is 2.33. The number of hydrogen-bond donors (Lipinski definition) is 3. The van der Waals surface area contributed by atoms with Crippen molar-refractivity contribution in [3.63, 3.8) is 0 Å². The molecule has 1 aromatic carbocycles. The number of benzene rings is 1. The van der Waals surface area contributed by atoms with Gasteiger partial charge in [-0.15, -0.1) is 0 Å². The summed E-state index contributed by atoms with van der Waals surface area (Å²) >= 11 is 0. The van der Waals surface area contributed by atoms with Crippen molar-refractivity contribution >= 4 is 22.8 Å². The SMILES string of the molecule is CCCCNCC(=O)c1c(OC(=O)OC)[nH]c2c(O)cccc12. The molecule has 0 saturated heterocycles. The minimum Gasteiger partial charge on any atom is -0.506 e. The zero-order valence-electron chi connectivity index (χ0n) is 13.1. The van der Waals surface area contributed by atoms with Crippen LogP contribution in [0.2, 0.25) is 0 Å². The van der Waals surface area contributed by atoms with E-state index in [0.717, 1.165) is 19.4 Å². The number of fused-ring (bicyclic) bond motifs is 1. The number of phenolic OH excluding ortho intramolecular Hbond substituents is 1. The van der Waals surface area contributed by atoms with Gasteiger partial charge in [0.25, 0.3) is 0 Å². The number of hydrogen-bond acceptors (Lipinski definition) is 6. The minimum atomic E-state index is -0.941. The maximum Gasteiger partial charge on any atom is 0.514 e. The normalized spacial score (nSPS) is 10.7. The van der Waals surface area contributed by atoms with Gasteiger partial charge in [-0.1, -0.05) is 25.5 Å². The van der Waals surface area contributed by atoms with E-state index in [2.05, 4.69) is 22.0 Å². The van der Waals surface area contributed by atoms with Crippen molar-refractivity contribution in [2.75, 3.05) is 20.2 Å². The molecule has 0 spiro atoms. The molecule has 7 heteroatoms. The van der Waals surface area contributed by atoms with Gasteiger partial charge in [0.1, 0.15) is 5.75 Å². The van der Waals surface area contributed by atoms with Crippen molar-refractivity contribution in [2.24, 2.45) is 0 Å². The number of nitrogens with one attached hydrogen (secondary N) is 2. The number of rotatable bonds is 7. The summed E-state index contributed by atoms with van der Waals surface area (Å²) in [6, 6.07) is 4.78. The molecular weight excluding hydrogens is 300 g/mol. The van der Waals surface area contributed by atoms with Crippen LogP contribution in [0, 0.1) is 0 Å². The molecule has 0 aliphatic carbocycles. The first kappa shape index (κ1) is 16.8. The summed E-state index contributed by atoms with van der Waals surface area (Å²) in [5.41, 5.74) is 0.550. The first-order valence-corrected chi connectivity index (χ1v) is 7.41. The number of phenols is 1. The molecule has 0 aliphatic rings. The largest absolute Gasteiger partial charge is 0.514 e. The Bertz CT molecular complexity index is 708. The van der Waals surface area contributed by atoms with E-state index in [4.69, 9.17) is 4.74 Å². The second kappa shape index (κ2) is 7.64. The second-order valence-corrected chi connectivity index (χ2v) is 5.04. The molecule has 124 valence electrons. The van der Waals surface area contributed by atoms with E-state index in [1.165, 1.54) is 13.2 Å². The molecule has 0 radical (unpaired) electrons. The van der Waals surface area contributed by atoms with E-state index in [0.29, 0.717) is 10.9 Å². The third-order valence-electron chi connectivity index (χ3n) is 3.40. The molecular formula is C16H20N2O5. The molecule has 0 aliphatic heterocycles. The van der Waals surface area contributed by atoms with Crippen LogP contribution in [0.25, 0.3) is 10.9 Å². The molecule has 1 heterocycles. The Kier molecular flexibility index (Phi) is 5.59. The van der Waals surface area contributed by atoms with Gasteiger partial charge in [-0.25, -0.2) is 4.79 Å². The van der Waals surface area contributed by atoms with Crippen molar-refractivity contribution in [3.8, 4) is 11.6 Å². The van der Waals surface area contributed by atoms with E-state index in [-0.39, 0.29) is 29.5 Å². The molecule has 2 rings (SSSR count). The fourth-order valence-corrected chi connectivity index (χ4v) is 2.25. The summed E-state index contributed by atoms with van der Waals surface area (Å²) in [6.07, 6.45) is 1.05. The quantitative estimate of drug-likeness (QED) is 0.412. The van der Waals surface area contributed by atoms with Crippen LogP contribution in [0.15, 0.2) is 18.2 Å². The van der Waals surface area contributed by atoms with Crippen LogP contribution in [0.4, 0.5) is 4.79 Å². The van der Waals surface area contributed by atoms with E-state index in [9.17, 15) is 14.7 Å². The highest BCUT2D eigenvalue weighted by atomic mass is 16.7. The lowest BCUT2D eigenvalue weighted by Crippen LogP contribution is -2.24. The molecule has 3 N–H and O–H groups in total. The number of carbonyl (C=O) groups is 2. The van der Waals surface area contributed by atoms with Crippen LogP contribution < -0.4 is 10.1 Å². The molecule has 1 aromatic heterocycles. The van der Waals surface area contributed by atoms with Gasteiger partial charge in [0.15, 0.2) is 5.78 Å². The van der Waals surface area contributed by atoms with Gasteiger partial charge in [0.05, 0.1) is 24.7 Å². The summed E-state index contributed by atoms with van der Waals surface area (Å²) < 4.78 is 9.46. The fourth-order valence-electron chi connectivity index (χ4n) is 2.25. The van der Waals surface area contributed by atoms with Crippen molar-refractivity contribution in [1.29, 1.82) is 0 Å². The number of unbranched alkanes of at least 4 members (excludes halogenated alkanes) is 1. The molecule has 23 heavy (non-hydrogen) atoms. The number of H-pyrrole nitrogens is 1. The van der Waals surface area contributed by atoms with Gasteiger partial charge in [0, 0.05) is 5.39 Å². The Hall–Kier alpha value is -2.54. The van der Waals surface area contributed by atoms with Gasteiger partial charge in [-0.3, -0.25) is 4.79 Å². The van der Waals surface area contributed by atoms with Crippen molar-refractivity contribution in [3.05, 3.63) is 23.8 Å². The standard InChI is InChI=1S/C16H20N2O5/c1-3-4-8-17-9-12(20)13-10-6-5-7-11(19)14(10)18-15(13)23-16(21)22-2/h5-7,17-19H,3-4,8-9H2,1-2H3. The van der Waals surface area contributed by atoms with E-state index < -0.39 is 6.16 Å². The molecule has 7 nitrogen and oxygen atoms in total. The number of Topliss-reactive ketones (excluding diaryl/α,β-unsaturated/α-hetero) is 1. The van der Waals surface area contributed by atoms with Crippen molar-refractivity contribution in [1.82, 2.24) is 10.3 Å². The Morgan fingerprint density at radius 3 is 2.83 bits per heavy atom. The van der Waals surface area contributed by atoms with Gasteiger partial charge >= 0.3 is 6.16 Å². The zero-order valence-corrected chi connectivity index (χ0v) is 13.1. The number of aromatic hydroxyl groups is 1. The third kappa shape index (κ3) is 3.81. The topological polar surface area (TPSA) is 101 Å². The average Bonchev–Trinajstić information content (AvgIpc) is 2.90. The first-order chi connectivity index (χ1) is 11.1. The van der Waals surface area contributed by atoms with Gasteiger partial charge in [0.2, 0.25) is 5.88 Å². The number of para-hydroxylation sites is 1. The maximum atomic E-state index is 12.5. The lowest BCUT2D eigenvalue weighted by atomic mass is 10.1. The zero-order chi connectivity index (χ0) is 16.8. The Morgan fingerprint density at radius 2 is 2.13 bits per heavy atom. The molecule has 2 aromatic rings.